The highest BCUT2D eigenvalue weighted by molar-refractivity contribution is 4.62. The summed E-state index contributed by atoms with van der Waals surface area (Å²) in [7, 11) is 1.72. The summed E-state index contributed by atoms with van der Waals surface area (Å²) in [6.45, 7) is 7.79. The Labute approximate surface area is 69.5 Å². The smallest absolute Gasteiger partial charge is 0.0589 e. The first-order valence-corrected chi connectivity index (χ1v) is 4.15. The van der Waals surface area contributed by atoms with E-state index in [1.165, 1.54) is 0 Å². The van der Waals surface area contributed by atoms with Gasteiger partial charge in [-0.1, -0.05) is 0 Å². The van der Waals surface area contributed by atoms with Crippen molar-refractivity contribution in [3.05, 3.63) is 0 Å². The van der Waals surface area contributed by atoms with Crippen LogP contribution in [0, 0.1) is 0 Å². The summed E-state index contributed by atoms with van der Waals surface area (Å²) in [5.74, 6) is 0. The van der Waals surface area contributed by atoms with Crippen LogP contribution in [0.3, 0.4) is 0 Å². The molecule has 0 aromatic heterocycles. The summed E-state index contributed by atoms with van der Waals surface area (Å²) in [6.07, 6.45) is 0. The number of hydrogen-bond donors (Lipinski definition) is 1. The number of nitrogens with zero attached hydrogens (tertiary/aromatic N) is 1. The Bertz CT molecular complexity index is 86.2. The maximum atomic E-state index is 5.46. The van der Waals surface area contributed by atoms with E-state index in [2.05, 4.69) is 18.7 Å². The lowest BCUT2D eigenvalue weighted by atomic mass is 10.3. The number of nitrogens with two attached hydrogens (primary N) is 1. The predicted molar refractivity (Wildman–Crippen MR) is 47.6 cm³/mol. The van der Waals surface area contributed by atoms with Crippen LogP contribution in [0.25, 0.3) is 0 Å². The van der Waals surface area contributed by atoms with Gasteiger partial charge in [-0.3, -0.25) is 4.90 Å². The molecule has 0 aliphatic carbocycles. The van der Waals surface area contributed by atoms with Gasteiger partial charge in [0.1, 0.15) is 0 Å². The van der Waals surface area contributed by atoms with Crippen LogP contribution in [-0.4, -0.2) is 44.3 Å². The second kappa shape index (κ2) is 6.58. The van der Waals surface area contributed by atoms with Crippen LogP contribution in [-0.2, 0) is 4.74 Å². The molecule has 68 valence electrons. The summed E-state index contributed by atoms with van der Waals surface area (Å²) in [5, 5.41) is 0. The van der Waals surface area contributed by atoms with Crippen molar-refractivity contribution >= 4 is 0 Å². The average Bonchev–Trinajstić information content (AvgIpc) is 1.97. The normalized spacial score (nSPS) is 11.5. The first-order valence-electron chi connectivity index (χ1n) is 4.15. The zero-order chi connectivity index (χ0) is 8.69. The van der Waals surface area contributed by atoms with Gasteiger partial charge in [0.05, 0.1) is 6.61 Å². The molecule has 0 saturated carbocycles. The van der Waals surface area contributed by atoms with Gasteiger partial charge < -0.3 is 10.5 Å². The summed E-state index contributed by atoms with van der Waals surface area (Å²) in [4.78, 5) is 2.31. The van der Waals surface area contributed by atoms with Crippen LogP contribution in [0.4, 0.5) is 0 Å². The Balaban J connectivity index is 3.51. The van der Waals surface area contributed by atoms with Crippen molar-refractivity contribution in [2.24, 2.45) is 5.73 Å². The van der Waals surface area contributed by atoms with E-state index < -0.39 is 0 Å². The molecule has 3 nitrogen and oxygen atoms in total. The zero-order valence-corrected chi connectivity index (χ0v) is 7.84. The Kier molecular flexibility index (Phi) is 6.51. The molecule has 0 rings (SSSR count). The van der Waals surface area contributed by atoms with Crippen molar-refractivity contribution in [1.82, 2.24) is 4.90 Å². The number of hydrogen-bond acceptors (Lipinski definition) is 3. The number of methoxy groups -OCH3 is 1. The van der Waals surface area contributed by atoms with Crippen molar-refractivity contribution in [2.75, 3.05) is 33.4 Å². The molecule has 0 spiro atoms. The fraction of sp³-hybridized carbons (Fsp3) is 1.00. The average molecular weight is 160 g/mol. The lowest BCUT2D eigenvalue weighted by Gasteiger charge is -2.25. The van der Waals surface area contributed by atoms with E-state index in [9.17, 15) is 0 Å². The van der Waals surface area contributed by atoms with Gasteiger partial charge in [0.15, 0.2) is 0 Å². The van der Waals surface area contributed by atoms with Crippen LogP contribution < -0.4 is 5.73 Å². The van der Waals surface area contributed by atoms with E-state index in [1.54, 1.807) is 7.11 Å². The third kappa shape index (κ3) is 5.18. The molecule has 0 bridgehead atoms. The Hall–Kier alpha value is -0.120. The van der Waals surface area contributed by atoms with Gasteiger partial charge in [-0.15, -0.1) is 0 Å². The van der Waals surface area contributed by atoms with Crippen molar-refractivity contribution < 1.29 is 4.74 Å². The van der Waals surface area contributed by atoms with Crippen molar-refractivity contribution in [3.8, 4) is 0 Å². The molecule has 0 aliphatic rings. The lowest BCUT2D eigenvalue weighted by Crippen LogP contribution is -2.37. The summed E-state index contributed by atoms with van der Waals surface area (Å²) >= 11 is 0. The third-order valence-corrected chi connectivity index (χ3v) is 1.73. The highest BCUT2D eigenvalue weighted by Gasteiger charge is 2.06. The second-order valence-electron chi connectivity index (χ2n) is 2.91. The van der Waals surface area contributed by atoms with E-state index in [-0.39, 0.29) is 0 Å². The molecular weight excluding hydrogens is 140 g/mol. The minimum absolute atomic E-state index is 0.564. The summed E-state index contributed by atoms with van der Waals surface area (Å²) in [5.41, 5.74) is 5.46. The van der Waals surface area contributed by atoms with Gasteiger partial charge in [0.2, 0.25) is 0 Å². The van der Waals surface area contributed by atoms with E-state index in [0.29, 0.717) is 6.04 Å². The quantitative estimate of drug-likeness (QED) is 0.607. The van der Waals surface area contributed by atoms with E-state index in [4.69, 9.17) is 10.5 Å². The Morgan fingerprint density at radius 2 is 2.00 bits per heavy atom. The molecule has 0 atom stereocenters. The van der Waals surface area contributed by atoms with Gasteiger partial charge in [-0.25, -0.2) is 0 Å². The molecule has 0 fully saturated rings. The summed E-state index contributed by atoms with van der Waals surface area (Å²) in [6, 6.07) is 0.564. The molecule has 0 saturated heterocycles. The van der Waals surface area contributed by atoms with Gasteiger partial charge in [-0.05, 0) is 13.8 Å². The van der Waals surface area contributed by atoms with Crippen LogP contribution in [0.5, 0.6) is 0 Å². The molecule has 3 heteroatoms. The molecule has 0 aromatic rings. The van der Waals surface area contributed by atoms with Crippen LogP contribution in [0.15, 0.2) is 0 Å². The first kappa shape index (κ1) is 10.9. The maximum absolute atomic E-state index is 5.46. The fourth-order valence-electron chi connectivity index (χ4n) is 1.00. The molecule has 0 radical (unpaired) electrons. The predicted octanol–water partition coefficient (Wildman–Crippen LogP) is 0.302. The lowest BCUT2D eigenvalue weighted by molar-refractivity contribution is 0.132. The molecule has 0 aromatic carbocycles. The van der Waals surface area contributed by atoms with Crippen LogP contribution >= 0.6 is 0 Å². The van der Waals surface area contributed by atoms with Gasteiger partial charge in [0, 0.05) is 32.8 Å². The minimum Gasteiger partial charge on any atom is -0.383 e. The van der Waals surface area contributed by atoms with E-state index >= 15 is 0 Å². The van der Waals surface area contributed by atoms with Crippen LogP contribution in [0.1, 0.15) is 13.8 Å². The molecule has 0 amide bonds. The van der Waals surface area contributed by atoms with Crippen molar-refractivity contribution in [2.45, 2.75) is 19.9 Å². The Morgan fingerprint density at radius 1 is 1.36 bits per heavy atom. The van der Waals surface area contributed by atoms with Crippen LogP contribution in [0.2, 0.25) is 0 Å². The highest BCUT2D eigenvalue weighted by atomic mass is 16.5. The number of ether oxygens (including phenoxy) is 1. The minimum atomic E-state index is 0.564. The summed E-state index contributed by atoms with van der Waals surface area (Å²) < 4.78 is 4.99. The zero-order valence-electron chi connectivity index (χ0n) is 7.84. The molecular formula is C8H20N2O. The van der Waals surface area contributed by atoms with Gasteiger partial charge in [-0.2, -0.15) is 0 Å². The van der Waals surface area contributed by atoms with Gasteiger partial charge >= 0.3 is 0 Å². The molecule has 0 aliphatic heterocycles. The monoisotopic (exact) mass is 160 g/mol. The second-order valence-corrected chi connectivity index (χ2v) is 2.91. The molecule has 2 N–H and O–H groups in total. The SMILES string of the molecule is COCCN(CCN)C(C)C. The van der Waals surface area contributed by atoms with Crippen molar-refractivity contribution in [3.63, 3.8) is 0 Å². The fourth-order valence-corrected chi connectivity index (χ4v) is 1.00. The molecule has 11 heavy (non-hydrogen) atoms. The molecule has 0 unspecified atom stereocenters. The van der Waals surface area contributed by atoms with E-state index in [1.807, 2.05) is 0 Å². The Morgan fingerprint density at radius 3 is 2.36 bits per heavy atom. The molecule has 0 heterocycles. The van der Waals surface area contributed by atoms with E-state index in [0.717, 1.165) is 26.2 Å². The largest absolute Gasteiger partial charge is 0.383 e. The number of rotatable bonds is 6. The standard InChI is InChI=1S/C8H20N2O/c1-8(2)10(5-4-9)6-7-11-3/h8H,4-7,9H2,1-3H3. The topological polar surface area (TPSA) is 38.5 Å². The highest BCUT2D eigenvalue weighted by Crippen LogP contribution is 1.95. The first-order chi connectivity index (χ1) is 5.22. The van der Waals surface area contributed by atoms with Crippen molar-refractivity contribution in [1.29, 1.82) is 0 Å². The maximum Gasteiger partial charge on any atom is 0.0589 e. The van der Waals surface area contributed by atoms with Gasteiger partial charge in [0.25, 0.3) is 0 Å². The third-order valence-electron chi connectivity index (χ3n) is 1.73.